The minimum absolute atomic E-state index is 0.00204. The van der Waals surface area contributed by atoms with Gasteiger partial charge in [-0.1, -0.05) is 135 Å². The summed E-state index contributed by atoms with van der Waals surface area (Å²) in [5, 5.41) is 2.61. The molecular formula is C45H33NS. The van der Waals surface area contributed by atoms with E-state index < -0.39 is 0 Å². The Balaban J connectivity index is 1.21. The summed E-state index contributed by atoms with van der Waals surface area (Å²) < 4.78 is 2.60. The number of rotatable bonds is 5. The van der Waals surface area contributed by atoms with Crippen molar-refractivity contribution in [2.75, 3.05) is 4.90 Å². The number of nitrogens with zero attached hydrogens (tertiary/aromatic N) is 1. The predicted octanol–water partition coefficient (Wildman–Crippen LogP) is 13.2. The van der Waals surface area contributed by atoms with Crippen molar-refractivity contribution in [3.8, 4) is 33.4 Å². The van der Waals surface area contributed by atoms with Gasteiger partial charge in [-0.05, 0) is 87.0 Å². The molecule has 47 heavy (non-hydrogen) atoms. The van der Waals surface area contributed by atoms with Crippen LogP contribution in [0.4, 0.5) is 17.1 Å². The summed E-state index contributed by atoms with van der Waals surface area (Å²) in [6, 6.07) is 60.0. The van der Waals surface area contributed by atoms with E-state index in [1.807, 2.05) is 11.3 Å². The van der Waals surface area contributed by atoms with E-state index >= 15 is 0 Å². The van der Waals surface area contributed by atoms with Crippen molar-refractivity contribution in [3.05, 3.63) is 175 Å². The highest BCUT2D eigenvalue weighted by molar-refractivity contribution is 7.26. The van der Waals surface area contributed by atoms with Crippen LogP contribution in [0, 0.1) is 0 Å². The molecule has 0 saturated carbocycles. The van der Waals surface area contributed by atoms with E-state index in [4.69, 9.17) is 0 Å². The molecule has 1 aliphatic rings. The van der Waals surface area contributed by atoms with E-state index in [0.29, 0.717) is 0 Å². The third-order valence-electron chi connectivity index (χ3n) is 9.88. The summed E-state index contributed by atoms with van der Waals surface area (Å²) >= 11 is 1.87. The Morgan fingerprint density at radius 3 is 1.96 bits per heavy atom. The summed E-state index contributed by atoms with van der Waals surface area (Å²) in [5.74, 6) is 0. The lowest BCUT2D eigenvalue weighted by Crippen LogP contribution is -2.14. The smallest absolute Gasteiger partial charge is 0.0640 e. The van der Waals surface area contributed by atoms with Gasteiger partial charge >= 0.3 is 0 Å². The third-order valence-corrected chi connectivity index (χ3v) is 11.1. The second-order valence-corrected chi connectivity index (χ2v) is 14.0. The monoisotopic (exact) mass is 619 g/mol. The van der Waals surface area contributed by atoms with Gasteiger partial charge < -0.3 is 4.90 Å². The Bertz CT molecular complexity index is 2430. The van der Waals surface area contributed by atoms with Crippen molar-refractivity contribution in [1.82, 2.24) is 0 Å². The first-order valence-corrected chi connectivity index (χ1v) is 17.1. The second-order valence-electron chi connectivity index (χ2n) is 13.0. The highest BCUT2D eigenvalue weighted by atomic mass is 32.1. The molecule has 9 rings (SSSR count). The number of anilines is 3. The first-order chi connectivity index (χ1) is 23.1. The van der Waals surface area contributed by atoms with Crippen LogP contribution in [-0.4, -0.2) is 0 Å². The molecule has 0 aliphatic heterocycles. The average Bonchev–Trinajstić information content (AvgIpc) is 3.62. The molecule has 0 fully saturated rings. The van der Waals surface area contributed by atoms with Crippen LogP contribution in [0.15, 0.2) is 164 Å². The first kappa shape index (κ1) is 27.8. The largest absolute Gasteiger partial charge is 0.309 e. The Hall–Kier alpha value is -5.44. The summed E-state index contributed by atoms with van der Waals surface area (Å²) in [5.41, 5.74) is 13.8. The molecule has 0 saturated heterocycles. The van der Waals surface area contributed by atoms with Crippen LogP contribution >= 0.6 is 11.3 Å². The van der Waals surface area contributed by atoms with E-state index in [9.17, 15) is 0 Å². The van der Waals surface area contributed by atoms with Crippen LogP contribution < -0.4 is 4.90 Å². The van der Waals surface area contributed by atoms with Crippen LogP contribution in [0.5, 0.6) is 0 Å². The summed E-state index contributed by atoms with van der Waals surface area (Å²) in [6.45, 7) is 4.68. The lowest BCUT2D eigenvalue weighted by Gasteiger charge is -2.27. The molecule has 1 nitrogen and oxygen atoms in total. The zero-order valence-corrected chi connectivity index (χ0v) is 27.3. The predicted molar refractivity (Wildman–Crippen MR) is 202 cm³/mol. The van der Waals surface area contributed by atoms with Gasteiger partial charge in [0.05, 0.1) is 10.4 Å². The number of hydrogen-bond donors (Lipinski definition) is 0. The molecule has 0 atom stereocenters. The fraction of sp³-hybridized carbons (Fsp3) is 0.0667. The average molecular weight is 620 g/mol. The SMILES string of the molecule is CC1(C)c2ccccc2-c2cc(-c3cccc(N(c4ccc(-c5ccccc5)cc4)c4cccc5c4sc4ccccc45)c3)ccc21. The Labute approximate surface area is 280 Å². The molecule has 1 aliphatic carbocycles. The number of benzene rings is 7. The van der Waals surface area contributed by atoms with E-state index in [0.717, 1.165) is 11.4 Å². The first-order valence-electron chi connectivity index (χ1n) is 16.3. The van der Waals surface area contributed by atoms with Crippen molar-refractivity contribution in [2.24, 2.45) is 0 Å². The highest BCUT2D eigenvalue weighted by Gasteiger charge is 2.35. The van der Waals surface area contributed by atoms with Crippen molar-refractivity contribution < 1.29 is 0 Å². The van der Waals surface area contributed by atoms with E-state index in [-0.39, 0.29) is 5.41 Å². The Kier molecular flexibility index (Phi) is 6.41. The molecular weight excluding hydrogens is 587 g/mol. The molecule has 0 N–H and O–H groups in total. The number of hydrogen-bond acceptors (Lipinski definition) is 2. The van der Waals surface area contributed by atoms with Gasteiger partial charge in [0.15, 0.2) is 0 Å². The van der Waals surface area contributed by atoms with Crippen LogP contribution in [0.3, 0.4) is 0 Å². The summed E-state index contributed by atoms with van der Waals surface area (Å²) in [7, 11) is 0. The van der Waals surface area contributed by atoms with Gasteiger partial charge in [-0.3, -0.25) is 0 Å². The molecule has 0 bridgehead atoms. The summed E-state index contributed by atoms with van der Waals surface area (Å²) in [6.07, 6.45) is 0. The number of thiophene rings is 1. The third kappa shape index (κ3) is 4.52. The Morgan fingerprint density at radius 2 is 1.09 bits per heavy atom. The lowest BCUT2D eigenvalue weighted by atomic mass is 9.82. The van der Waals surface area contributed by atoms with E-state index in [2.05, 4.69) is 183 Å². The van der Waals surface area contributed by atoms with E-state index in [1.165, 1.54) is 70.4 Å². The maximum atomic E-state index is 2.43. The zero-order valence-electron chi connectivity index (χ0n) is 26.4. The van der Waals surface area contributed by atoms with Crippen molar-refractivity contribution in [1.29, 1.82) is 0 Å². The van der Waals surface area contributed by atoms with E-state index in [1.54, 1.807) is 0 Å². The Morgan fingerprint density at radius 1 is 0.447 bits per heavy atom. The molecule has 224 valence electrons. The molecule has 0 amide bonds. The van der Waals surface area contributed by atoms with Gasteiger partial charge in [-0.2, -0.15) is 0 Å². The van der Waals surface area contributed by atoms with Gasteiger partial charge in [0.1, 0.15) is 0 Å². The maximum Gasteiger partial charge on any atom is 0.0640 e. The topological polar surface area (TPSA) is 3.24 Å². The number of fused-ring (bicyclic) bond motifs is 6. The molecule has 2 heteroatoms. The van der Waals surface area contributed by atoms with Crippen LogP contribution in [0.25, 0.3) is 53.6 Å². The molecule has 0 unspecified atom stereocenters. The summed E-state index contributed by atoms with van der Waals surface area (Å²) in [4.78, 5) is 2.43. The minimum atomic E-state index is -0.00204. The maximum absolute atomic E-state index is 2.43. The quantitative estimate of drug-likeness (QED) is 0.185. The van der Waals surface area contributed by atoms with Crippen LogP contribution in [0.1, 0.15) is 25.0 Å². The molecule has 8 aromatic rings. The van der Waals surface area contributed by atoms with Gasteiger partial charge in [0.25, 0.3) is 0 Å². The molecule has 0 radical (unpaired) electrons. The van der Waals surface area contributed by atoms with Gasteiger partial charge in [0, 0.05) is 32.3 Å². The minimum Gasteiger partial charge on any atom is -0.309 e. The highest BCUT2D eigenvalue weighted by Crippen LogP contribution is 2.50. The van der Waals surface area contributed by atoms with Crippen molar-refractivity contribution in [3.63, 3.8) is 0 Å². The molecule has 7 aromatic carbocycles. The standard InChI is InChI=1S/C45H33NS/c1-45(2)40-19-8-6-16-36(40)39-29-33(24-27-41(39)45)32-14-10-15-35(28-32)46(34-25-22-31(23-26-34)30-12-4-3-5-13-30)42-20-11-18-38-37-17-7-9-21-43(37)47-44(38)42/h3-29H,1-2H3. The molecule has 1 aromatic heterocycles. The van der Waals surface area contributed by atoms with Gasteiger partial charge in [-0.25, -0.2) is 0 Å². The van der Waals surface area contributed by atoms with Crippen molar-refractivity contribution in [2.45, 2.75) is 19.3 Å². The molecule has 1 heterocycles. The zero-order chi connectivity index (χ0) is 31.5. The second kappa shape index (κ2) is 10.8. The normalized spacial score (nSPS) is 13.1. The van der Waals surface area contributed by atoms with Gasteiger partial charge in [0.2, 0.25) is 0 Å². The molecule has 0 spiro atoms. The lowest BCUT2D eigenvalue weighted by molar-refractivity contribution is 0.660. The van der Waals surface area contributed by atoms with Crippen LogP contribution in [0.2, 0.25) is 0 Å². The fourth-order valence-corrected chi connectivity index (χ4v) is 8.70. The van der Waals surface area contributed by atoms with Crippen molar-refractivity contribution >= 4 is 48.6 Å². The van der Waals surface area contributed by atoms with Gasteiger partial charge in [-0.15, -0.1) is 11.3 Å². The fourth-order valence-electron chi connectivity index (χ4n) is 7.49. The van der Waals surface area contributed by atoms with Crippen LogP contribution in [-0.2, 0) is 5.41 Å².